The van der Waals surface area contributed by atoms with Crippen LogP contribution in [0, 0.1) is 11.8 Å². The second-order valence-electron chi connectivity index (χ2n) is 5.94. The minimum absolute atomic E-state index is 0.0483. The SMILES string of the molecule is O=C1COc2cc(NC(=O)C3CCCC(C(=O)O)C3)ccc2N1. The van der Waals surface area contributed by atoms with E-state index in [-0.39, 0.29) is 24.3 Å². The van der Waals surface area contributed by atoms with E-state index in [2.05, 4.69) is 10.6 Å². The molecular formula is C16H18N2O5. The molecule has 3 rings (SSSR count). The highest BCUT2D eigenvalue weighted by atomic mass is 16.5. The van der Waals surface area contributed by atoms with Gasteiger partial charge in [0.15, 0.2) is 6.61 Å². The monoisotopic (exact) mass is 318 g/mol. The standard InChI is InChI=1S/C16H18N2O5/c19-14-8-23-13-7-11(4-5-12(13)18-14)17-15(20)9-2-1-3-10(6-9)16(21)22/h4-5,7,9-10H,1-3,6,8H2,(H,17,20)(H,18,19)(H,21,22). The molecular weight excluding hydrogens is 300 g/mol. The summed E-state index contributed by atoms with van der Waals surface area (Å²) in [5.41, 5.74) is 1.14. The summed E-state index contributed by atoms with van der Waals surface area (Å²) in [5.74, 6) is -1.44. The first-order valence-corrected chi connectivity index (χ1v) is 7.63. The maximum atomic E-state index is 12.3. The third-order valence-electron chi connectivity index (χ3n) is 4.28. The van der Waals surface area contributed by atoms with E-state index in [9.17, 15) is 14.4 Å². The predicted molar refractivity (Wildman–Crippen MR) is 82.3 cm³/mol. The Hall–Kier alpha value is -2.57. The van der Waals surface area contributed by atoms with E-state index in [1.807, 2.05) is 0 Å². The normalized spacial score (nSPS) is 23.2. The lowest BCUT2D eigenvalue weighted by atomic mass is 9.81. The van der Waals surface area contributed by atoms with Crippen molar-refractivity contribution in [3.8, 4) is 5.75 Å². The maximum absolute atomic E-state index is 12.3. The van der Waals surface area contributed by atoms with E-state index in [0.29, 0.717) is 36.4 Å². The lowest BCUT2D eigenvalue weighted by Crippen LogP contribution is -2.31. The largest absolute Gasteiger partial charge is 0.482 e. The van der Waals surface area contributed by atoms with E-state index >= 15 is 0 Å². The number of carbonyl (C=O) groups is 3. The van der Waals surface area contributed by atoms with Gasteiger partial charge >= 0.3 is 5.97 Å². The molecule has 3 N–H and O–H groups in total. The van der Waals surface area contributed by atoms with Crippen LogP contribution in [0.1, 0.15) is 25.7 Å². The van der Waals surface area contributed by atoms with Gasteiger partial charge in [-0.15, -0.1) is 0 Å². The number of benzene rings is 1. The molecule has 0 aromatic heterocycles. The molecule has 1 heterocycles. The lowest BCUT2D eigenvalue weighted by molar-refractivity contribution is -0.143. The number of anilines is 2. The zero-order chi connectivity index (χ0) is 16.4. The van der Waals surface area contributed by atoms with E-state index in [1.54, 1.807) is 18.2 Å². The van der Waals surface area contributed by atoms with Crippen LogP contribution in [0.25, 0.3) is 0 Å². The summed E-state index contributed by atoms with van der Waals surface area (Å²) in [6.07, 6.45) is 2.45. The van der Waals surface area contributed by atoms with Crippen molar-refractivity contribution >= 4 is 29.2 Å². The van der Waals surface area contributed by atoms with Gasteiger partial charge in [0.1, 0.15) is 5.75 Å². The Labute approximate surface area is 133 Å². The van der Waals surface area contributed by atoms with Crippen LogP contribution in [0.3, 0.4) is 0 Å². The van der Waals surface area contributed by atoms with Crippen LogP contribution in [0.5, 0.6) is 5.75 Å². The Balaban J connectivity index is 1.66. The van der Waals surface area contributed by atoms with Crippen molar-refractivity contribution in [2.24, 2.45) is 11.8 Å². The number of amides is 2. The molecule has 7 heteroatoms. The molecule has 23 heavy (non-hydrogen) atoms. The van der Waals surface area contributed by atoms with Crippen LogP contribution in [-0.4, -0.2) is 29.5 Å². The summed E-state index contributed by atoms with van der Waals surface area (Å²) in [5, 5.41) is 14.6. The first-order valence-electron chi connectivity index (χ1n) is 7.63. The number of carboxylic acids is 1. The molecule has 7 nitrogen and oxygen atoms in total. The second-order valence-corrected chi connectivity index (χ2v) is 5.94. The van der Waals surface area contributed by atoms with Crippen molar-refractivity contribution in [1.29, 1.82) is 0 Å². The van der Waals surface area contributed by atoms with Gasteiger partial charge in [0.05, 0.1) is 11.6 Å². The van der Waals surface area contributed by atoms with Crippen LogP contribution in [-0.2, 0) is 14.4 Å². The third-order valence-corrected chi connectivity index (χ3v) is 4.28. The van der Waals surface area contributed by atoms with Crippen LogP contribution in [0.15, 0.2) is 18.2 Å². The Morgan fingerprint density at radius 1 is 1.26 bits per heavy atom. The highest BCUT2D eigenvalue weighted by Crippen LogP contribution is 2.33. The molecule has 0 spiro atoms. The van der Waals surface area contributed by atoms with Crippen molar-refractivity contribution in [3.05, 3.63) is 18.2 Å². The molecule has 122 valence electrons. The minimum Gasteiger partial charge on any atom is -0.482 e. The molecule has 2 aliphatic rings. The van der Waals surface area contributed by atoms with Crippen LogP contribution in [0.4, 0.5) is 11.4 Å². The number of carboxylic acid groups (broad SMARTS) is 1. The molecule has 2 amide bonds. The van der Waals surface area contributed by atoms with E-state index < -0.39 is 11.9 Å². The van der Waals surface area contributed by atoms with E-state index in [0.717, 1.165) is 6.42 Å². The summed E-state index contributed by atoms with van der Waals surface area (Å²) in [6, 6.07) is 5.01. The summed E-state index contributed by atoms with van der Waals surface area (Å²) in [7, 11) is 0. The van der Waals surface area contributed by atoms with E-state index in [1.165, 1.54) is 0 Å². The van der Waals surface area contributed by atoms with Crippen molar-refractivity contribution < 1.29 is 24.2 Å². The van der Waals surface area contributed by atoms with Crippen molar-refractivity contribution in [2.75, 3.05) is 17.2 Å². The molecule has 1 aliphatic heterocycles. The second kappa shape index (κ2) is 6.28. The average Bonchev–Trinajstić information content (AvgIpc) is 2.55. The maximum Gasteiger partial charge on any atom is 0.306 e. The van der Waals surface area contributed by atoms with Crippen molar-refractivity contribution in [3.63, 3.8) is 0 Å². The molecule has 1 saturated carbocycles. The van der Waals surface area contributed by atoms with Gasteiger partial charge in [-0.1, -0.05) is 6.42 Å². The molecule has 2 atom stereocenters. The fourth-order valence-electron chi connectivity index (χ4n) is 3.05. The number of aliphatic carboxylic acids is 1. The van der Waals surface area contributed by atoms with Crippen LogP contribution >= 0.6 is 0 Å². The third kappa shape index (κ3) is 3.44. The number of carbonyl (C=O) groups excluding carboxylic acids is 2. The van der Waals surface area contributed by atoms with E-state index in [4.69, 9.17) is 9.84 Å². The summed E-state index contributed by atoms with van der Waals surface area (Å²) in [6.45, 7) is -0.0483. The Kier molecular flexibility index (Phi) is 4.18. The fourth-order valence-corrected chi connectivity index (χ4v) is 3.05. The summed E-state index contributed by atoms with van der Waals surface area (Å²) in [4.78, 5) is 34.7. The first-order chi connectivity index (χ1) is 11.0. The molecule has 0 bridgehead atoms. The quantitative estimate of drug-likeness (QED) is 0.789. The molecule has 2 unspecified atom stereocenters. The topological polar surface area (TPSA) is 105 Å². The number of ether oxygens (including phenoxy) is 1. The Morgan fingerprint density at radius 3 is 2.83 bits per heavy atom. The van der Waals surface area contributed by atoms with Gasteiger partial charge in [0.25, 0.3) is 5.91 Å². The zero-order valence-corrected chi connectivity index (χ0v) is 12.5. The Bertz CT molecular complexity index is 658. The summed E-state index contributed by atoms with van der Waals surface area (Å²) >= 11 is 0. The Morgan fingerprint density at radius 2 is 2.04 bits per heavy atom. The fraction of sp³-hybridized carbons (Fsp3) is 0.438. The van der Waals surface area contributed by atoms with Crippen LogP contribution < -0.4 is 15.4 Å². The van der Waals surface area contributed by atoms with Gasteiger partial charge in [0.2, 0.25) is 5.91 Å². The highest BCUT2D eigenvalue weighted by Gasteiger charge is 2.31. The lowest BCUT2D eigenvalue weighted by Gasteiger charge is -2.26. The van der Waals surface area contributed by atoms with Gasteiger partial charge in [-0.05, 0) is 31.4 Å². The van der Waals surface area contributed by atoms with Gasteiger partial charge in [-0.3, -0.25) is 14.4 Å². The number of fused-ring (bicyclic) bond motifs is 1. The number of rotatable bonds is 3. The smallest absolute Gasteiger partial charge is 0.306 e. The van der Waals surface area contributed by atoms with Gasteiger partial charge in [0, 0.05) is 17.7 Å². The van der Waals surface area contributed by atoms with Crippen molar-refractivity contribution in [2.45, 2.75) is 25.7 Å². The molecule has 1 aliphatic carbocycles. The molecule has 1 aromatic rings. The zero-order valence-electron chi connectivity index (χ0n) is 12.5. The average molecular weight is 318 g/mol. The predicted octanol–water partition coefficient (Wildman–Crippen LogP) is 1.85. The molecule has 0 saturated heterocycles. The first kappa shape index (κ1) is 15.3. The summed E-state index contributed by atoms with van der Waals surface area (Å²) < 4.78 is 5.31. The highest BCUT2D eigenvalue weighted by molar-refractivity contribution is 5.97. The number of hydrogen-bond acceptors (Lipinski definition) is 4. The minimum atomic E-state index is -0.833. The van der Waals surface area contributed by atoms with Crippen LogP contribution in [0.2, 0.25) is 0 Å². The molecule has 1 fully saturated rings. The van der Waals surface area contributed by atoms with Gasteiger partial charge < -0.3 is 20.5 Å². The van der Waals surface area contributed by atoms with Crippen molar-refractivity contribution in [1.82, 2.24) is 0 Å². The molecule has 0 radical (unpaired) electrons. The number of hydrogen-bond donors (Lipinski definition) is 3. The van der Waals surface area contributed by atoms with Gasteiger partial charge in [-0.2, -0.15) is 0 Å². The molecule has 1 aromatic carbocycles. The van der Waals surface area contributed by atoms with Gasteiger partial charge in [-0.25, -0.2) is 0 Å². The number of nitrogens with one attached hydrogen (secondary N) is 2.